The highest BCUT2D eigenvalue weighted by molar-refractivity contribution is 4.89. The molecule has 0 unspecified atom stereocenters. The minimum atomic E-state index is 0.852. The van der Waals surface area contributed by atoms with E-state index in [1.807, 2.05) is 0 Å². The molecule has 0 saturated heterocycles. The van der Waals surface area contributed by atoms with Crippen LogP contribution in [0.4, 0.5) is 0 Å². The summed E-state index contributed by atoms with van der Waals surface area (Å²) in [6, 6.07) is 0. The molecule has 0 aromatic heterocycles. The third-order valence-corrected chi connectivity index (χ3v) is 2.45. The van der Waals surface area contributed by atoms with Crippen LogP contribution in [0.3, 0.4) is 0 Å². The quantitative estimate of drug-likeness (QED) is 0.505. The largest absolute Gasteiger partial charge is 0.385 e. The molecule has 0 amide bonds. The molecule has 0 bridgehead atoms. The Morgan fingerprint density at radius 2 is 1.43 bits per heavy atom. The number of hydrogen-bond donors (Lipinski definition) is 0. The second-order valence-electron chi connectivity index (χ2n) is 3.69. The van der Waals surface area contributed by atoms with Gasteiger partial charge in [0.15, 0.2) is 0 Å². The van der Waals surface area contributed by atoms with Crippen LogP contribution in [0.1, 0.15) is 45.4 Å². The van der Waals surface area contributed by atoms with E-state index in [1.54, 1.807) is 20.1 Å². The summed E-state index contributed by atoms with van der Waals surface area (Å²) in [6.45, 7) is 3.94. The molecule has 14 heavy (non-hydrogen) atoms. The van der Waals surface area contributed by atoms with Crippen LogP contribution in [0.15, 0.2) is 0 Å². The van der Waals surface area contributed by atoms with E-state index in [0.717, 1.165) is 26.1 Å². The van der Waals surface area contributed by atoms with Crippen LogP contribution >= 0.6 is 0 Å². The van der Waals surface area contributed by atoms with Gasteiger partial charge >= 0.3 is 0 Å². The van der Waals surface area contributed by atoms with Crippen LogP contribution in [-0.4, -0.2) is 27.4 Å². The normalized spacial score (nSPS) is 11.1. The Morgan fingerprint density at radius 1 is 0.857 bits per heavy atom. The smallest absolute Gasteiger partial charge is 0.0467 e. The van der Waals surface area contributed by atoms with Gasteiger partial charge in [0, 0.05) is 27.4 Å². The molecule has 85 valence electrons. The standard InChI is InChI=1S/C12H25O2/c1-4-5-6-7-12(8-10-13-2)9-11-14-3/h4-11H2,1-3H3. The maximum Gasteiger partial charge on any atom is 0.0467 e. The zero-order valence-electron chi connectivity index (χ0n) is 9.97. The van der Waals surface area contributed by atoms with E-state index in [9.17, 15) is 0 Å². The molecule has 0 atom stereocenters. The Kier molecular flexibility index (Phi) is 10.9. The average Bonchev–Trinajstić information content (AvgIpc) is 2.21. The summed E-state index contributed by atoms with van der Waals surface area (Å²) in [6.07, 6.45) is 7.40. The molecule has 2 heteroatoms. The number of unbranched alkanes of at least 4 members (excludes halogenated alkanes) is 2. The predicted octanol–water partition coefficient (Wildman–Crippen LogP) is 3.21. The molecule has 0 aromatic rings. The Morgan fingerprint density at radius 3 is 1.86 bits per heavy atom. The summed E-state index contributed by atoms with van der Waals surface area (Å²) in [5.74, 6) is 1.60. The van der Waals surface area contributed by atoms with Crippen molar-refractivity contribution >= 4 is 0 Å². The molecule has 0 aliphatic heterocycles. The van der Waals surface area contributed by atoms with Gasteiger partial charge in [0.2, 0.25) is 0 Å². The van der Waals surface area contributed by atoms with Crippen LogP contribution in [0, 0.1) is 5.92 Å². The summed E-state index contributed by atoms with van der Waals surface area (Å²) in [7, 11) is 3.53. The van der Waals surface area contributed by atoms with Gasteiger partial charge in [-0.3, -0.25) is 0 Å². The van der Waals surface area contributed by atoms with E-state index in [4.69, 9.17) is 9.47 Å². The molecule has 1 radical (unpaired) electrons. The van der Waals surface area contributed by atoms with Gasteiger partial charge in [0.25, 0.3) is 0 Å². The summed E-state index contributed by atoms with van der Waals surface area (Å²) in [4.78, 5) is 0. The minimum Gasteiger partial charge on any atom is -0.385 e. The fraction of sp³-hybridized carbons (Fsp3) is 0.917. The van der Waals surface area contributed by atoms with Crippen molar-refractivity contribution in [3.8, 4) is 0 Å². The van der Waals surface area contributed by atoms with Crippen molar-refractivity contribution < 1.29 is 9.47 Å². The zero-order chi connectivity index (χ0) is 10.6. The van der Waals surface area contributed by atoms with Crippen molar-refractivity contribution in [2.75, 3.05) is 27.4 Å². The van der Waals surface area contributed by atoms with Gasteiger partial charge in [-0.05, 0) is 25.2 Å². The summed E-state index contributed by atoms with van der Waals surface area (Å²) in [5, 5.41) is 0. The molecule has 0 saturated carbocycles. The second kappa shape index (κ2) is 11.0. The highest BCUT2D eigenvalue weighted by Gasteiger charge is 2.08. The SMILES string of the molecule is CCCCC[C](CCOC)CCOC. The van der Waals surface area contributed by atoms with Crippen LogP contribution in [0.25, 0.3) is 0 Å². The molecule has 0 heterocycles. The minimum absolute atomic E-state index is 0.852. The first-order chi connectivity index (χ1) is 6.85. The van der Waals surface area contributed by atoms with Crippen molar-refractivity contribution in [3.05, 3.63) is 5.92 Å². The van der Waals surface area contributed by atoms with Crippen LogP contribution in [0.5, 0.6) is 0 Å². The second-order valence-corrected chi connectivity index (χ2v) is 3.69. The molecule has 0 rings (SSSR count). The first kappa shape index (κ1) is 13.9. The maximum atomic E-state index is 5.10. The molecule has 0 spiro atoms. The fourth-order valence-corrected chi connectivity index (χ4v) is 1.49. The van der Waals surface area contributed by atoms with Gasteiger partial charge in [-0.1, -0.05) is 26.2 Å². The lowest BCUT2D eigenvalue weighted by atomic mass is 9.95. The van der Waals surface area contributed by atoms with E-state index in [-0.39, 0.29) is 0 Å². The molecule has 0 N–H and O–H groups in total. The Bertz CT molecular complexity index is 96.5. The van der Waals surface area contributed by atoms with Gasteiger partial charge < -0.3 is 9.47 Å². The topological polar surface area (TPSA) is 18.5 Å². The average molecular weight is 201 g/mol. The molecular formula is C12H25O2. The molecule has 0 aliphatic rings. The first-order valence-electron chi connectivity index (χ1n) is 5.66. The van der Waals surface area contributed by atoms with Crippen molar-refractivity contribution in [2.24, 2.45) is 0 Å². The highest BCUT2D eigenvalue weighted by atomic mass is 16.5. The Labute approximate surface area is 89.0 Å². The van der Waals surface area contributed by atoms with E-state index < -0.39 is 0 Å². The number of hydrogen-bond acceptors (Lipinski definition) is 2. The summed E-state index contributed by atoms with van der Waals surface area (Å²) in [5.41, 5.74) is 0. The molecule has 0 aromatic carbocycles. The fourth-order valence-electron chi connectivity index (χ4n) is 1.49. The van der Waals surface area contributed by atoms with Crippen molar-refractivity contribution in [2.45, 2.75) is 45.4 Å². The van der Waals surface area contributed by atoms with Crippen molar-refractivity contribution in [3.63, 3.8) is 0 Å². The number of methoxy groups -OCH3 is 2. The number of rotatable bonds is 10. The van der Waals surface area contributed by atoms with Crippen molar-refractivity contribution in [1.82, 2.24) is 0 Å². The Balaban J connectivity index is 3.49. The number of ether oxygens (including phenoxy) is 2. The maximum absolute atomic E-state index is 5.10. The van der Waals surface area contributed by atoms with Gasteiger partial charge in [-0.2, -0.15) is 0 Å². The van der Waals surface area contributed by atoms with E-state index in [0.29, 0.717) is 0 Å². The highest BCUT2D eigenvalue weighted by Crippen LogP contribution is 2.19. The molecule has 0 aliphatic carbocycles. The van der Waals surface area contributed by atoms with E-state index in [2.05, 4.69) is 6.92 Å². The van der Waals surface area contributed by atoms with Gasteiger partial charge in [-0.25, -0.2) is 0 Å². The lowest BCUT2D eigenvalue weighted by Crippen LogP contribution is -2.05. The predicted molar refractivity (Wildman–Crippen MR) is 60.4 cm³/mol. The summed E-state index contributed by atoms with van der Waals surface area (Å²) >= 11 is 0. The van der Waals surface area contributed by atoms with Crippen LogP contribution in [-0.2, 0) is 9.47 Å². The molecule has 2 nitrogen and oxygen atoms in total. The van der Waals surface area contributed by atoms with Gasteiger partial charge in [0.1, 0.15) is 0 Å². The van der Waals surface area contributed by atoms with Gasteiger partial charge in [0.05, 0.1) is 0 Å². The third-order valence-electron chi connectivity index (χ3n) is 2.45. The lowest BCUT2D eigenvalue weighted by molar-refractivity contribution is 0.177. The molecular weight excluding hydrogens is 176 g/mol. The van der Waals surface area contributed by atoms with E-state index in [1.165, 1.54) is 25.7 Å². The monoisotopic (exact) mass is 201 g/mol. The molecule has 0 fully saturated rings. The summed E-state index contributed by atoms with van der Waals surface area (Å²) < 4.78 is 10.2. The van der Waals surface area contributed by atoms with Gasteiger partial charge in [-0.15, -0.1) is 0 Å². The van der Waals surface area contributed by atoms with Crippen LogP contribution < -0.4 is 0 Å². The zero-order valence-corrected chi connectivity index (χ0v) is 9.97. The van der Waals surface area contributed by atoms with Crippen molar-refractivity contribution in [1.29, 1.82) is 0 Å². The third kappa shape index (κ3) is 8.52. The first-order valence-corrected chi connectivity index (χ1v) is 5.66. The van der Waals surface area contributed by atoms with E-state index >= 15 is 0 Å². The lowest BCUT2D eigenvalue weighted by Gasteiger charge is -2.14. The Hall–Kier alpha value is -0.0800. The van der Waals surface area contributed by atoms with Crippen LogP contribution in [0.2, 0.25) is 0 Å².